The number of carbonyl (C=O) groups excluding carboxylic acids is 2. The molecule has 2 aromatic heterocycles. The van der Waals surface area contributed by atoms with E-state index in [9.17, 15) is 9.59 Å². The van der Waals surface area contributed by atoms with Gasteiger partial charge in [0.15, 0.2) is 0 Å². The number of hydrogen-bond acceptors (Lipinski definition) is 6. The number of carbonyl (C=O) groups is 2. The average Bonchev–Trinajstić information content (AvgIpc) is 2.76. The molecule has 8 nitrogen and oxygen atoms in total. The summed E-state index contributed by atoms with van der Waals surface area (Å²) in [5.74, 6) is -0.277. The predicted octanol–water partition coefficient (Wildman–Crippen LogP) is 2.81. The van der Waals surface area contributed by atoms with Gasteiger partial charge in [-0.25, -0.2) is 10.9 Å². The van der Waals surface area contributed by atoms with E-state index >= 15 is 0 Å². The summed E-state index contributed by atoms with van der Waals surface area (Å²) in [6.07, 6.45) is 9.62. The second-order valence-electron chi connectivity index (χ2n) is 6.50. The Balaban J connectivity index is 1.59. The van der Waals surface area contributed by atoms with Gasteiger partial charge in [0.25, 0.3) is 0 Å². The second kappa shape index (κ2) is 12.1. The van der Waals surface area contributed by atoms with Gasteiger partial charge in [0, 0.05) is 48.8 Å². The molecule has 0 spiro atoms. The van der Waals surface area contributed by atoms with E-state index in [0.29, 0.717) is 25.7 Å². The van der Waals surface area contributed by atoms with Crippen molar-refractivity contribution in [3.8, 4) is 0 Å². The Hall–Kier alpha value is -3.42. The maximum atomic E-state index is 11.9. The van der Waals surface area contributed by atoms with E-state index in [0.717, 1.165) is 29.0 Å². The fourth-order valence-corrected chi connectivity index (χ4v) is 2.47. The molecule has 2 rings (SSSR count). The van der Waals surface area contributed by atoms with Crippen molar-refractivity contribution in [2.75, 3.05) is 0 Å². The van der Waals surface area contributed by atoms with E-state index in [4.69, 9.17) is 0 Å². The van der Waals surface area contributed by atoms with Gasteiger partial charge in [-0.05, 0) is 51.0 Å². The molecular formula is C21H26N6O2. The van der Waals surface area contributed by atoms with Crippen LogP contribution in [0.2, 0.25) is 0 Å². The van der Waals surface area contributed by atoms with E-state index in [-0.39, 0.29) is 11.8 Å². The van der Waals surface area contributed by atoms with Gasteiger partial charge in [0.05, 0.1) is 11.4 Å². The van der Waals surface area contributed by atoms with Gasteiger partial charge < -0.3 is 0 Å². The third-order valence-corrected chi connectivity index (χ3v) is 4.20. The number of pyridine rings is 2. The highest BCUT2D eigenvalue weighted by Gasteiger charge is 2.04. The SMILES string of the molecule is C/C(=N\NC(=O)CCCCCC(=O)N/N=C(\C)c1ccncc1)c1ccncc1. The lowest BCUT2D eigenvalue weighted by molar-refractivity contribution is -0.121. The number of amides is 2. The molecule has 2 heterocycles. The third-order valence-electron chi connectivity index (χ3n) is 4.20. The monoisotopic (exact) mass is 394 g/mol. The largest absolute Gasteiger partial charge is 0.273 e. The molecule has 0 radical (unpaired) electrons. The maximum Gasteiger partial charge on any atom is 0.240 e. The molecule has 8 heteroatoms. The average molecular weight is 394 g/mol. The Labute approximate surface area is 170 Å². The van der Waals surface area contributed by atoms with Crippen LogP contribution in [0.3, 0.4) is 0 Å². The molecule has 2 amide bonds. The van der Waals surface area contributed by atoms with E-state index in [1.54, 1.807) is 24.8 Å². The molecule has 2 aromatic rings. The number of nitrogens with zero attached hydrogens (tertiary/aromatic N) is 4. The molecule has 0 unspecified atom stereocenters. The topological polar surface area (TPSA) is 109 Å². The van der Waals surface area contributed by atoms with E-state index in [1.165, 1.54) is 0 Å². The van der Waals surface area contributed by atoms with Crippen LogP contribution >= 0.6 is 0 Å². The first-order chi connectivity index (χ1) is 14.1. The fourth-order valence-electron chi connectivity index (χ4n) is 2.47. The van der Waals surface area contributed by atoms with Gasteiger partial charge >= 0.3 is 0 Å². The van der Waals surface area contributed by atoms with Gasteiger partial charge in [-0.3, -0.25) is 19.6 Å². The van der Waals surface area contributed by atoms with Crippen LogP contribution < -0.4 is 10.9 Å². The van der Waals surface area contributed by atoms with Crippen LogP contribution in [0.25, 0.3) is 0 Å². The Morgan fingerprint density at radius 1 is 0.724 bits per heavy atom. The minimum absolute atomic E-state index is 0.138. The molecule has 29 heavy (non-hydrogen) atoms. The summed E-state index contributed by atoms with van der Waals surface area (Å²) >= 11 is 0. The summed E-state index contributed by atoms with van der Waals surface area (Å²) in [5.41, 5.74) is 8.38. The van der Waals surface area contributed by atoms with Crippen molar-refractivity contribution in [2.45, 2.75) is 46.0 Å². The molecule has 0 aliphatic rings. The molecule has 0 saturated carbocycles. The summed E-state index contributed by atoms with van der Waals surface area (Å²) in [7, 11) is 0. The lowest BCUT2D eigenvalue weighted by Gasteiger charge is -2.04. The van der Waals surface area contributed by atoms with Crippen LogP contribution in [0, 0.1) is 0 Å². The molecule has 0 bridgehead atoms. The van der Waals surface area contributed by atoms with Crippen LogP contribution in [0.1, 0.15) is 57.1 Å². The number of unbranched alkanes of at least 4 members (excludes halogenated alkanes) is 2. The van der Waals surface area contributed by atoms with Crippen molar-refractivity contribution in [1.82, 2.24) is 20.8 Å². The maximum absolute atomic E-state index is 11.9. The first-order valence-corrected chi connectivity index (χ1v) is 9.53. The Morgan fingerprint density at radius 3 is 1.48 bits per heavy atom. The number of hydrazone groups is 2. The second-order valence-corrected chi connectivity index (χ2v) is 6.50. The molecule has 0 aliphatic carbocycles. The van der Waals surface area contributed by atoms with Gasteiger partial charge in [-0.1, -0.05) is 6.42 Å². The molecule has 0 atom stereocenters. The van der Waals surface area contributed by atoms with Crippen LogP contribution in [0.15, 0.2) is 59.3 Å². The molecule has 0 aromatic carbocycles. The van der Waals surface area contributed by atoms with E-state index in [1.807, 2.05) is 38.1 Å². The van der Waals surface area contributed by atoms with Crippen molar-refractivity contribution in [1.29, 1.82) is 0 Å². The highest BCUT2D eigenvalue weighted by atomic mass is 16.2. The summed E-state index contributed by atoms with van der Waals surface area (Å²) < 4.78 is 0. The number of nitrogens with one attached hydrogen (secondary N) is 2. The zero-order valence-corrected chi connectivity index (χ0v) is 16.8. The highest BCUT2D eigenvalue weighted by Crippen LogP contribution is 2.04. The molecule has 0 fully saturated rings. The van der Waals surface area contributed by atoms with Gasteiger partial charge in [-0.2, -0.15) is 10.2 Å². The minimum atomic E-state index is -0.138. The lowest BCUT2D eigenvalue weighted by atomic mass is 10.1. The number of hydrogen-bond donors (Lipinski definition) is 2. The van der Waals surface area contributed by atoms with Crippen molar-refractivity contribution >= 4 is 23.2 Å². The summed E-state index contributed by atoms with van der Waals surface area (Å²) in [6, 6.07) is 7.33. The van der Waals surface area contributed by atoms with Crippen molar-refractivity contribution in [2.24, 2.45) is 10.2 Å². The van der Waals surface area contributed by atoms with Gasteiger partial charge in [0.2, 0.25) is 11.8 Å². The standard InChI is InChI=1S/C21H26N6O2/c1-16(18-8-12-22-13-9-18)24-26-20(28)6-4-3-5-7-21(29)27-25-17(2)19-10-14-23-15-11-19/h8-15H,3-7H2,1-2H3,(H,26,28)(H,27,29)/b24-16+,25-17+. The normalized spacial score (nSPS) is 11.8. The first-order valence-electron chi connectivity index (χ1n) is 9.53. The number of rotatable bonds is 10. The summed E-state index contributed by atoms with van der Waals surface area (Å²) in [4.78, 5) is 31.6. The Morgan fingerprint density at radius 2 is 1.10 bits per heavy atom. The van der Waals surface area contributed by atoms with Gasteiger partial charge in [0.1, 0.15) is 0 Å². The molecule has 2 N–H and O–H groups in total. The van der Waals surface area contributed by atoms with Crippen LogP contribution in [0.4, 0.5) is 0 Å². The molecule has 0 aliphatic heterocycles. The fraction of sp³-hybridized carbons (Fsp3) is 0.333. The minimum Gasteiger partial charge on any atom is -0.273 e. The summed E-state index contributed by atoms with van der Waals surface area (Å²) in [6.45, 7) is 3.65. The Kier molecular flexibility index (Phi) is 9.14. The first kappa shape index (κ1) is 21.9. The summed E-state index contributed by atoms with van der Waals surface area (Å²) in [5, 5.41) is 8.19. The van der Waals surface area contributed by atoms with E-state index < -0.39 is 0 Å². The molecule has 0 saturated heterocycles. The zero-order valence-electron chi connectivity index (χ0n) is 16.8. The van der Waals surface area contributed by atoms with E-state index in [2.05, 4.69) is 31.0 Å². The predicted molar refractivity (Wildman–Crippen MR) is 112 cm³/mol. The van der Waals surface area contributed by atoms with Crippen molar-refractivity contribution < 1.29 is 9.59 Å². The third kappa shape index (κ3) is 8.42. The van der Waals surface area contributed by atoms with Crippen molar-refractivity contribution in [3.63, 3.8) is 0 Å². The lowest BCUT2D eigenvalue weighted by Crippen LogP contribution is -2.19. The van der Waals surface area contributed by atoms with Gasteiger partial charge in [-0.15, -0.1) is 0 Å². The smallest absolute Gasteiger partial charge is 0.240 e. The Bertz CT molecular complexity index is 778. The highest BCUT2D eigenvalue weighted by molar-refractivity contribution is 5.99. The van der Waals surface area contributed by atoms with Crippen LogP contribution in [0.5, 0.6) is 0 Å². The molecule has 152 valence electrons. The molecular weight excluding hydrogens is 368 g/mol. The van der Waals surface area contributed by atoms with Crippen LogP contribution in [-0.2, 0) is 9.59 Å². The zero-order chi connectivity index (χ0) is 20.9. The van der Waals surface area contributed by atoms with Crippen LogP contribution in [-0.4, -0.2) is 33.2 Å². The quantitative estimate of drug-likeness (QED) is 0.367. The van der Waals surface area contributed by atoms with Crippen molar-refractivity contribution in [3.05, 3.63) is 60.2 Å². The number of aromatic nitrogens is 2.